The molecule has 0 aliphatic carbocycles. The topological polar surface area (TPSA) is 68.0 Å². The zero-order valence-electron chi connectivity index (χ0n) is 13.1. The van der Waals surface area contributed by atoms with Gasteiger partial charge in [-0.1, -0.05) is 29.8 Å². The number of amides is 1. The fraction of sp³-hybridized carbons (Fsp3) is 0.375. The maximum absolute atomic E-state index is 11.6. The van der Waals surface area contributed by atoms with Gasteiger partial charge < -0.3 is 11.1 Å². The summed E-state index contributed by atoms with van der Waals surface area (Å²) in [5.74, 6) is -0.0188. The van der Waals surface area contributed by atoms with Crippen LogP contribution < -0.4 is 11.1 Å². The van der Waals surface area contributed by atoms with Gasteiger partial charge in [-0.3, -0.25) is 4.79 Å². The molecule has 22 heavy (non-hydrogen) atoms. The first-order valence-electron chi connectivity index (χ1n) is 7.05. The van der Waals surface area contributed by atoms with E-state index in [1.807, 2.05) is 13.8 Å². The van der Waals surface area contributed by atoms with E-state index < -0.39 is 0 Å². The van der Waals surface area contributed by atoms with Gasteiger partial charge in [-0.25, -0.2) is 4.98 Å². The third-order valence-electron chi connectivity index (χ3n) is 3.27. The van der Waals surface area contributed by atoms with Crippen LogP contribution in [0.3, 0.4) is 0 Å². The average Bonchev–Trinajstić information content (AvgIpc) is 2.82. The zero-order chi connectivity index (χ0) is 15.4. The highest BCUT2D eigenvalue weighted by Crippen LogP contribution is 2.31. The molecule has 0 fully saturated rings. The lowest BCUT2D eigenvalue weighted by atomic mass is 10.2. The largest absolute Gasteiger partial charge is 0.349 e. The van der Waals surface area contributed by atoms with Crippen molar-refractivity contribution in [3.05, 3.63) is 40.4 Å². The molecule has 2 aromatic rings. The minimum Gasteiger partial charge on any atom is -0.349 e. The van der Waals surface area contributed by atoms with Crippen LogP contribution in [0.15, 0.2) is 24.3 Å². The highest BCUT2D eigenvalue weighted by atomic mass is 35.5. The van der Waals surface area contributed by atoms with Crippen LogP contribution in [0, 0.1) is 13.8 Å². The monoisotopic (exact) mass is 339 g/mol. The van der Waals surface area contributed by atoms with Crippen molar-refractivity contribution in [1.29, 1.82) is 0 Å². The number of nitrogens with two attached hydrogens (primary N) is 1. The molecule has 1 unspecified atom stereocenters. The van der Waals surface area contributed by atoms with Crippen LogP contribution in [0.2, 0.25) is 0 Å². The van der Waals surface area contributed by atoms with Crippen molar-refractivity contribution in [3.63, 3.8) is 0 Å². The Balaban J connectivity index is 0.00000242. The molecule has 0 radical (unpaired) electrons. The maximum atomic E-state index is 11.6. The van der Waals surface area contributed by atoms with Gasteiger partial charge in [-0.2, -0.15) is 0 Å². The van der Waals surface area contributed by atoms with Crippen molar-refractivity contribution in [1.82, 2.24) is 10.3 Å². The summed E-state index contributed by atoms with van der Waals surface area (Å²) in [6, 6.07) is 8.28. The molecule has 1 heterocycles. The van der Waals surface area contributed by atoms with Crippen LogP contribution in [-0.2, 0) is 4.79 Å². The fourth-order valence-electron chi connectivity index (χ4n) is 2.14. The second kappa shape index (κ2) is 8.27. The molecule has 1 aromatic carbocycles. The number of carbonyl (C=O) groups excluding carboxylic acids is 1. The standard InChI is InChI=1S/C16H21N3OS.ClH/c1-10-4-6-13(7-5-10)16-19-12(3)15(21-16)11(2)18-14(20)8-9-17;/h4-7,11H,8-9,17H2,1-3H3,(H,18,20);1H. The van der Waals surface area contributed by atoms with Gasteiger partial charge in [0.05, 0.1) is 16.6 Å². The van der Waals surface area contributed by atoms with Gasteiger partial charge in [0, 0.05) is 18.5 Å². The Hall–Kier alpha value is -1.43. The van der Waals surface area contributed by atoms with Crippen molar-refractivity contribution in [3.8, 4) is 10.6 Å². The number of carbonyl (C=O) groups is 1. The molecule has 1 atom stereocenters. The Labute approximate surface area is 141 Å². The quantitative estimate of drug-likeness (QED) is 0.877. The number of halogens is 1. The van der Waals surface area contributed by atoms with E-state index in [0.29, 0.717) is 13.0 Å². The number of nitrogens with one attached hydrogen (secondary N) is 1. The summed E-state index contributed by atoms with van der Waals surface area (Å²) >= 11 is 1.63. The third kappa shape index (κ3) is 4.53. The summed E-state index contributed by atoms with van der Waals surface area (Å²) in [5.41, 5.74) is 8.71. The molecular formula is C16H22ClN3OS. The van der Waals surface area contributed by atoms with Crippen molar-refractivity contribution < 1.29 is 4.79 Å². The normalized spacial score (nSPS) is 11.6. The first-order chi connectivity index (χ1) is 10.0. The Bertz CT molecular complexity index is 625. The second-order valence-electron chi connectivity index (χ2n) is 5.16. The predicted octanol–water partition coefficient (Wildman–Crippen LogP) is 3.37. The Morgan fingerprint density at radius 1 is 1.32 bits per heavy atom. The second-order valence-corrected chi connectivity index (χ2v) is 6.19. The Morgan fingerprint density at radius 2 is 1.95 bits per heavy atom. The molecule has 3 N–H and O–H groups in total. The zero-order valence-corrected chi connectivity index (χ0v) is 14.7. The van der Waals surface area contributed by atoms with Crippen molar-refractivity contribution in [2.24, 2.45) is 5.73 Å². The molecule has 0 bridgehead atoms. The molecule has 0 saturated carbocycles. The van der Waals surface area contributed by atoms with E-state index >= 15 is 0 Å². The van der Waals surface area contributed by atoms with E-state index in [1.54, 1.807) is 11.3 Å². The number of aromatic nitrogens is 1. The lowest BCUT2D eigenvalue weighted by Crippen LogP contribution is -2.28. The number of nitrogens with zero attached hydrogens (tertiary/aromatic N) is 1. The van der Waals surface area contributed by atoms with E-state index in [-0.39, 0.29) is 24.4 Å². The number of benzene rings is 1. The van der Waals surface area contributed by atoms with Crippen LogP contribution in [0.25, 0.3) is 10.6 Å². The van der Waals surface area contributed by atoms with E-state index in [4.69, 9.17) is 5.73 Å². The van der Waals surface area contributed by atoms with Crippen molar-refractivity contribution >= 4 is 29.7 Å². The van der Waals surface area contributed by atoms with E-state index in [9.17, 15) is 4.79 Å². The molecule has 1 amide bonds. The molecule has 2 rings (SSSR count). The molecule has 0 aliphatic heterocycles. The predicted molar refractivity (Wildman–Crippen MR) is 94.5 cm³/mol. The number of hydrogen-bond donors (Lipinski definition) is 2. The van der Waals surface area contributed by atoms with E-state index in [2.05, 4.69) is 41.5 Å². The molecule has 1 aromatic heterocycles. The smallest absolute Gasteiger partial charge is 0.221 e. The number of rotatable bonds is 5. The van der Waals surface area contributed by atoms with Crippen LogP contribution in [0.1, 0.15) is 35.5 Å². The summed E-state index contributed by atoms with van der Waals surface area (Å²) in [6.45, 7) is 6.40. The summed E-state index contributed by atoms with van der Waals surface area (Å²) in [7, 11) is 0. The number of thiazole rings is 1. The molecule has 120 valence electrons. The molecule has 0 spiro atoms. The number of aryl methyl sites for hydroxylation is 2. The van der Waals surface area contributed by atoms with Crippen molar-refractivity contribution in [2.75, 3.05) is 6.54 Å². The first kappa shape index (κ1) is 18.6. The molecule has 0 aliphatic rings. The summed E-state index contributed by atoms with van der Waals surface area (Å²) in [5, 5.41) is 3.95. The SMILES string of the molecule is Cc1ccc(-c2nc(C)c(C(C)NC(=O)CCN)s2)cc1.Cl. The van der Waals surface area contributed by atoms with Crippen LogP contribution in [0.4, 0.5) is 0 Å². The molecule has 4 nitrogen and oxygen atoms in total. The number of hydrogen-bond acceptors (Lipinski definition) is 4. The molecular weight excluding hydrogens is 318 g/mol. The molecule has 0 saturated heterocycles. The minimum atomic E-state index is -0.0410. The summed E-state index contributed by atoms with van der Waals surface area (Å²) in [6.07, 6.45) is 0.354. The highest BCUT2D eigenvalue weighted by molar-refractivity contribution is 7.15. The molecule has 6 heteroatoms. The van der Waals surface area contributed by atoms with Gasteiger partial charge in [0.15, 0.2) is 0 Å². The van der Waals surface area contributed by atoms with Gasteiger partial charge in [0.1, 0.15) is 5.01 Å². The van der Waals surface area contributed by atoms with Crippen molar-refractivity contribution in [2.45, 2.75) is 33.2 Å². The highest BCUT2D eigenvalue weighted by Gasteiger charge is 2.16. The van der Waals surface area contributed by atoms with Gasteiger partial charge in [-0.05, 0) is 20.8 Å². The van der Waals surface area contributed by atoms with Gasteiger partial charge in [-0.15, -0.1) is 23.7 Å². The maximum Gasteiger partial charge on any atom is 0.221 e. The van der Waals surface area contributed by atoms with Gasteiger partial charge >= 0.3 is 0 Å². The lowest BCUT2D eigenvalue weighted by molar-refractivity contribution is -0.121. The lowest BCUT2D eigenvalue weighted by Gasteiger charge is -2.12. The summed E-state index contributed by atoms with van der Waals surface area (Å²) < 4.78 is 0. The van der Waals surface area contributed by atoms with Crippen LogP contribution >= 0.6 is 23.7 Å². The van der Waals surface area contributed by atoms with Gasteiger partial charge in [0.2, 0.25) is 5.91 Å². The summed E-state index contributed by atoms with van der Waals surface area (Å²) in [4.78, 5) is 17.4. The van der Waals surface area contributed by atoms with Gasteiger partial charge in [0.25, 0.3) is 0 Å². The minimum absolute atomic E-state index is 0. The van der Waals surface area contributed by atoms with E-state index in [0.717, 1.165) is 21.1 Å². The Morgan fingerprint density at radius 3 is 2.55 bits per heavy atom. The third-order valence-corrected chi connectivity index (χ3v) is 4.66. The Kier molecular flexibility index (Phi) is 7.00. The van der Waals surface area contributed by atoms with Crippen LogP contribution in [-0.4, -0.2) is 17.4 Å². The fourth-order valence-corrected chi connectivity index (χ4v) is 3.21. The first-order valence-corrected chi connectivity index (χ1v) is 7.86. The van der Waals surface area contributed by atoms with E-state index in [1.165, 1.54) is 5.56 Å². The average molecular weight is 340 g/mol. The van der Waals surface area contributed by atoms with Crippen LogP contribution in [0.5, 0.6) is 0 Å².